The quantitative estimate of drug-likeness (QED) is 0.666. The van der Waals surface area contributed by atoms with Gasteiger partial charge in [-0.05, 0) is 42.3 Å². The number of amides is 1. The molecule has 1 heterocycles. The van der Waals surface area contributed by atoms with E-state index in [1.165, 1.54) is 6.07 Å². The van der Waals surface area contributed by atoms with Crippen LogP contribution in [0.3, 0.4) is 0 Å². The molecule has 0 aliphatic carbocycles. The first-order valence-corrected chi connectivity index (χ1v) is 8.54. The lowest BCUT2D eigenvalue weighted by atomic mass is 10.1. The van der Waals surface area contributed by atoms with Crippen LogP contribution in [0.1, 0.15) is 16.1 Å². The van der Waals surface area contributed by atoms with Crippen molar-refractivity contribution in [1.82, 2.24) is 10.3 Å². The van der Waals surface area contributed by atoms with Crippen LogP contribution in [0.4, 0.5) is 15.8 Å². The van der Waals surface area contributed by atoms with Crippen LogP contribution in [0.15, 0.2) is 66.9 Å². The summed E-state index contributed by atoms with van der Waals surface area (Å²) < 4.78 is 18.8. The fraction of sp³-hybridized carbons (Fsp3) is 0.143. The van der Waals surface area contributed by atoms with Crippen molar-refractivity contribution in [2.45, 2.75) is 6.42 Å². The van der Waals surface area contributed by atoms with E-state index >= 15 is 0 Å². The molecule has 0 fully saturated rings. The van der Waals surface area contributed by atoms with Crippen molar-refractivity contribution in [1.29, 1.82) is 0 Å². The Morgan fingerprint density at radius 2 is 1.89 bits per heavy atom. The van der Waals surface area contributed by atoms with E-state index in [-0.39, 0.29) is 17.4 Å². The highest BCUT2D eigenvalue weighted by molar-refractivity contribution is 5.93. The first-order valence-electron chi connectivity index (χ1n) is 8.54. The number of anilines is 2. The molecule has 1 aromatic heterocycles. The number of aromatic nitrogens is 1. The molecule has 138 valence electrons. The van der Waals surface area contributed by atoms with E-state index in [0.717, 1.165) is 17.1 Å². The number of ether oxygens (including phenoxy) is 1. The second-order valence-electron chi connectivity index (χ2n) is 5.88. The molecule has 2 N–H and O–H groups in total. The third-order valence-corrected chi connectivity index (χ3v) is 3.99. The fourth-order valence-electron chi connectivity index (χ4n) is 2.60. The van der Waals surface area contributed by atoms with Crippen molar-refractivity contribution in [3.63, 3.8) is 0 Å². The zero-order chi connectivity index (χ0) is 19.1. The van der Waals surface area contributed by atoms with Crippen LogP contribution < -0.4 is 15.4 Å². The van der Waals surface area contributed by atoms with Crippen molar-refractivity contribution < 1.29 is 13.9 Å². The molecule has 0 saturated carbocycles. The number of halogens is 1. The number of benzene rings is 2. The Bertz CT molecular complexity index is 931. The van der Waals surface area contributed by atoms with Gasteiger partial charge in [-0.3, -0.25) is 9.78 Å². The number of pyridine rings is 1. The number of nitrogens with zero attached hydrogens (tertiary/aromatic N) is 1. The van der Waals surface area contributed by atoms with Crippen molar-refractivity contribution in [2.75, 3.05) is 19.0 Å². The lowest BCUT2D eigenvalue weighted by Gasteiger charge is -2.10. The predicted molar refractivity (Wildman–Crippen MR) is 103 cm³/mol. The Hall–Kier alpha value is -3.41. The van der Waals surface area contributed by atoms with Crippen molar-refractivity contribution >= 4 is 17.3 Å². The van der Waals surface area contributed by atoms with Gasteiger partial charge in [0.25, 0.3) is 5.91 Å². The number of rotatable bonds is 7. The summed E-state index contributed by atoms with van der Waals surface area (Å²) in [7, 11) is 1.61. The number of methoxy groups -OCH3 is 1. The summed E-state index contributed by atoms with van der Waals surface area (Å²) >= 11 is 0. The molecule has 5 nitrogen and oxygen atoms in total. The van der Waals surface area contributed by atoms with Gasteiger partial charge < -0.3 is 15.4 Å². The molecular formula is C21H20FN3O2. The largest absolute Gasteiger partial charge is 0.497 e. The zero-order valence-corrected chi connectivity index (χ0v) is 14.9. The summed E-state index contributed by atoms with van der Waals surface area (Å²) in [5.41, 5.74) is 2.43. The molecule has 2 aromatic carbocycles. The maximum atomic E-state index is 13.6. The molecule has 0 spiro atoms. The van der Waals surface area contributed by atoms with E-state index in [4.69, 9.17) is 4.74 Å². The van der Waals surface area contributed by atoms with Gasteiger partial charge in [0.2, 0.25) is 0 Å². The molecule has 0 bridgehead atoms. The van der Waals surface area contributed by atoms with Crippen molar-refractivity contribution in [3.8, 4) is 5.75 Å². The summed E-state index contributed by atoms with van der Waals surface area (Å²) in [6.45, 7) is 0.328. The van der Waals surface area contributed by atoms with Gasteiger partial charge in [-0.2, -0.15) is 0 Å². The van der Waals surface area contributed by atoms with Crippen LogP contribution in [0, 0.1) is 5.82 Å². The highest BCUT2D eigenvalue weighted by Crippen LogP contribution is 2.21. The van der Waals surface area contributed by atoms with Crippen molar-refractivity contribution in [3.05, 3.63) is 83.9 Å². The third kappa shape index (κ3) is 5.04. The third-order valence-electron chi connectivity index (χ3n) is 3.99. The van der Waals surface area contributed by atoms with Gasteiger partial charge in [-0.15, -0.1) is 0 Å². The highest BCUT2D eigenvalue weighted by atomic mass is 19.1. The topological polar surface area (TPSA) is 63.2 Å². The molecule has 0 atom stereocenters. The molecule has 0 aliphatic heterocycles. The molecule has 0 unspecified atom stereocenters. The zero-order valence-electron chi connectivity index (χ0n) is 14.9. The molecule has 3 rings (SSSR count). The van der Waals surface area contributed by atoms with Crippen LogP contribution in [0.5, 0.6) is 5.75 Å². The summed E-state index contributed by atoms with van der Waals surface area (Å²) in [5, 5.41) is 5.98. The Kier molecular flexibility index (Phi) is 5.99. The maximum absolute atomic E-state index is 13.6. The van der Waals surface area contributed by atoms with Crippen LogP contribution in [-0.4, -0.2) is 24.5 Å². The number of hydrogen-bond donors (Lipinski definition) is 2. The average molecular weight is 365 g/mol. The molecule has 0 radical (unpaired) electrons. The minimum atomic E-state index is -0.305. The Labute approximate surface area is 157 Å². The highest BCUT2D eigenvalue weighted by Gasteiger charge is 2.09. The Morgan fingerprint density at radius 3 is 2.70 bits per heavy atom. The van der Waals surface area contributed by atoms with E-state index in [0.29, 0.717) is 18.5 Å². The second-order valence-corrected chi connectivity index (χ2v) is 5.88. The molecule has 1 amide bonds. The van der Waals surface area contributed by atoms with Gasteiger partial charge in [0.15, 0.2) is 0 Å². The summed E-state index contributed by atoms with van der Waals surface area (Å²) in [6.07, 6.45) is 1.98. The summed E-state index contributed by atoms with van der Waals surface area (Å²) in [4.78, 5) is 16.4. The monoisotopic (exact) mass is 365 g/mol. The van der Waals surface area contributed by atoms with E-state index in [9.17, 15) is 9.18 Å². The predicted octanol–water partition coefficient (Wildman–Crippen LogP) is 3.95. The molecule has 0 aliphatic rings. The van der Waals surface area contributed by atoms with Crippen LogP contribution in [0.25, 0.3) is 0 Å². The minimum Gasteiger partial charge on any atom is -0.497 e. The lowest BCUT2D eigenvalue weighted by molar-refractivity contribution is 0.0949. The van der Waals surface area contributed by atoms with E-state index in [2.05, 4.69) is 15.6 Å². The summed E-state index contributed by atoms with van der Waals surface area (Å²) in [5.74, 6) is 0.162. The first kappa shape index (κ1) is 18.4. The fourth-order valence-corrected chi connectivity index (χ4v) is 2.60. The minimum absolute atomic E-state index is 0.269. The Balaban J connectivity index is 1.60. The molecular weight excluding hydrogens is 345 g/mol. The molecule has 3 aromatic rings. The van der Waals surface area contributed by atoms with Gasteiger partial charge in [0.05, 0.1) is 7.11 Å². The standard InChI is InChI=1S/C21H20FN3O2/c1-27-18-7-4-6-16(13-18)25-17-10-12-23-20(14-17)21(26)24-11-9-15-5-2-3-8-19(15)22/h2-8,10,12-14H,9,11H2,1H3,(H,23,25)(H,24,26). The van der Waals surface area contributed by atoms with Crippen LogP contribution >= 0.6 is 0 Å². The molecule has 27 heavy (non-hydrogen) atoms. The molecule has 0 saturated heterocycles. The van der Waals surface area contributed by atoms with Gasteiger partial charge in [-0.1, -0.05) is 24.3 Å². The summed E-state index contributed by atoms with van der Waals surface area (Å²) in [6, 6.07) is 17.5. The SMILES string of the molecule is COc1cccc(Nc2ccnc(C(=O)NCCc3ccccc3F)c2)c1. The van der Waals surface area contributed by atoms with Gasteiger partial charge in [0, 0.05) is 30.2 Å². The van der Waals surface area contributed by atoms with E-state index < -0.39 is 0 Å². The van der Waals surface area contributed by atoms with Crippen molar-refractivity contribution in [2.24, 2.45) is 0 Å². The van der Waals surface area contributed by atoms with Crippen LogP contribution in [0.2, 0.25) is 0 Å². The number of carbonyl (C=O) groups excluding carboxylic acids is 1. The van der Waals surface area contributed by atoms with E-state index in [1.54, 1.807) is 43.6 Å². The normalized spacial score (nSPS) is 10.3. The van der Waals surface area contributed by atoms with E-state index in [1.807, 2.05) is 24.3 Å². The average Bonchev–Trinajstić information content (AvgIpc) is 2.69. The second kappa shape index (κ2) is 8.80. The maximum Gasteiger partial charge on any atom is 0.269 e. The number of hydrogen-bond acceptors (Lipinski definition) is 4. The van der Waals surface area contributed by atoms with Gasteiger partial charge in [0.1, 0.15) is 17.3 Å². The smallest absolute Gasteiger partial charge is 0.269 e. The van der Waals surface area contributed by atoms with Crippen LogP contribution in [-0.2, 0) is 6.42 Å². The number of nitrogens with one attached hydrogen (secondary N) is 2. The number of carbonyl (C=O) groups is 1. The molecule has 6 heteroatoms. The van der Waals surface area contributed by atoms with Gasteiger partial charge in [-0.25, -0.2) is 4.39 Å². The Morgan fingerprint density at radius 1 is 1.07 bits per heavy atom. The lowest BCUT2D eigenvalue weighted by Crippen LogP contribution is -2.26. The van der Waals surface area contributed by atoms with Gasteiger partial charge >= 0.3 is 0 Å². The first-order chi connectivity index (χ1) is 13.2.